The van der Waals surface area contributed by atoms with E-state index in [4.69, 9.17) is 4.74 Å². The molecule has 0 atom stereocenters. The fraction of sp³-hybridized carbons (Fsp3) is 0.684. The molecule has 0 fully saturated rings. The van der Waals surface area contributed by atoms with E-state index in [0.717, 1.165) is 26.2 Å². The molecule has 0 aromatic heterocycles. The molecule has 0 unspecified atom stereocenters. The van der Waals surface area contributed by atoms with Gasteiger partial charge < -0.3 is 10.1 Å². The summed E-state index contributed by atoms with van der Waals surface area (Å²) in [5.74, 6) is 0. The maximum atomic E-state index is 5.49. The summed E-state index contributed by atoms with van der Waals surface area (Å²) in [6, 6.07) is 6.86. The summed E-state index contributed by atoms with van der Waals surface area (Å²) in [6.45, 7) is 14.1. The molecular weight excluding hydrogens is 258 g/mol. The highest BCUT2D eigenvalue weighted by molar-refractivity contribution is 5.33. The van der Waals surface area contributed by atoms with Gasteiger partial charge in [-0.25, -0.2) is 0 Å². The maximum absolute atomic E-state index is 5.49. The Balaban J connectivity index is 1.81. The molecule has 0 amide bonds. The Labute approximate surface area is 130 Å². The van der Waals surface area contributed by atoms with Crippen LogP contribution in [0.15, 0.2) is 18.2 Å². The molecule has 0 spiro atoms. The average molecular weight is 289 g/mol. The molecule has 0 saturated heterocycles. The van der Waals surface area contributed by atoms with Crippen molar-refractivity contribution in [1.29, 1.82) is 0 Å². The van der Waals surface area contributed by atoms with Crippen molar-refractivity contribution in [3.05, 3.63) is 34.9 Å². The Morgan fingerprint density at radius 3 is 2.43 bits per heavy atom. The molecule has 21 heavy (non-hydrogen) atoms. The van der Waals surface area contributed by atoms with Gasteiger partial charge in [-0.05, 0) is 68.7 Å². The fourth-order valence-electron chi connectivity index (χ4n) is 2.76. The molecule has 0 radical (unpaired) electrons. The Bertz CT molecular complexity index is 471. The lowest BCUT2D eigenvalue weighted by molar-refractivity contribution is 0.134. The van der Waals surface area contributed by atoms with E-state index in [1.54, 1.807) is 0 Å². The Kier molecular flexibility index (Phi) is 5.11. The Hall–Kier alpha value is -0.860. The van der Waals surface area contributed by atoms with Crippen LogP contribution >= 0.6 is 0 Å². The summed E-state index contributed by atoms with van der Waals surface area (Å²) < 4.78 is 5.49. The molecule has 118 valence electrons. The van der Waals surface area contributed by atoms with Crippen LogP contribution in [0.1, 0.15) is 64.2 Å². The van der Waals surface area contributed by atoms with Crippen molar-refractivity contribution in [2.45, 2.75) is 72.6 Å². The number of ether oxygens (including phenoxy) is 1. The van der Waals surface area contributed by atoms with Crippen LogP contribution in [0.2, 0.25) is 0 Å². The quantitative estimate of drug-likeness (QED) is 0.835. The lowest BCUT2D eigenvalue weighted by atomic mass is 9.82. The van der Waals surface area contributed by atoms with Crippen LogP contribution in [0, 0.1) is 5.41 Å². The third-order valence-electron chi connectivity index (χ3n) is 4.33. The van der Waals surface area contributed by atoms with E-state index in [9.17, 15) is 0 Å². The summed E-state index contributed by atoms with van der Waals surface area (Å²) >= 11 is 0. The molecular formula is C19H31NO. The zero-order chi connectivity index (χ0) is 15.5. The van der Waals surface area contributed by atoms with E-state index in [-0.39, 0.29) is 5.54 Å². The standard InChI is InChI=1S/C19H31NO/c1-18(2,3)20-11-10-19(4,5)9-8-15-6-7-16-13-21-14-17(16)12-15/h6-7,12,20H,8-11,13-14H2,1-5H3. The minimum atomic E-state index is 0.218. The lowest BCUT2D eigenvalue weighted by Crippen LogP contribution is -2.38. The van der Waals surface area contributed by atoms with Crippen molar-refractivity contribution in [3.63, 3.8) is 0 Å². The average Bonchev–Trinajstić information content (AvgIpc) is 2.82. The van der Waals surface area contributed by atoms with Crippen molar-refractivity contribution in [3.8, 4) is 0 Å². The van der Waals surface area contributed by atoms with Crippen LogP contribution in [0.25, 0.3) is 0 Å². The number of aryl methyl sites for hydroxylation is 1. The first-order valence-electron chi connectivity index (χ1n) is 8.19. The topological polar surface area (TPSA) is 21.3 Å². The van der Waals surface area contributed by atoms with Crippen LogP contribution in [0.4, 0.5) is 0 Å². The van der Waals surface area contributed by atoms with Crippen molar-refractivity contribution in [2.75, 3.05) is 6.54 Å². The first kappa shape index (κ1) is 16.5. The van der Waals surface area contributed by atoms with Gasteiger partial charge in [-0.2, -0.15) is 0 Å². The van der Waals surface area contributed by atoms with Gasteiger partial charge in [0, 0.05) is 5.54 Å². The summed E-state index contributed by atoms with van der Waals surface area (Å²) in [5, 5.41) is 3.59. The minimum Gasteiger partial charge on any atom is -0.372 e. The number of nitrogens with one attached hydrogen (secondary N) is 1. The minimum absolute atomic E-state index is 0.218. The van der Waals surface area contributed by atoms with Gasteiger partial charge in [0.2, 0.25) is 0 Å². The van der Waals surface area contributed by atoms with E-state index in [1.165, 1.54) is 29.5 Å². The SMILES string of the molecule is CC(C)(CCNC(C)(C)C)CCc1ccc2c(c1)COC2. The summed E-state index contributed by atoms with van der Waals surface area (Å²) in [6.07, 6.45) is 3.62. The van der Waals surface area contributed by atoms with Gasteiger partial charge in [0.25, 0.3) is 0 Å². The third-order valence-corrected chi connectivity index (χ3v) is 4.33. The molecule has 1 heterocycles. The number of fused-ring (bicyclic) bond motifs is 1. The molecule has 2 rings (SSSR count). The molecule has 1 aliphatic heterocycles. The van der Waals surface area contributed by atoms with Crippen molar-refractivity contribution in [1.82, 2.24) is 5.32 Å². The molecule has 0 aliphatic carbocycles. The number of hydrogen-bond acceptors (Lipinski definition) is 2. The first-order chi connectivity index (χ1) is 9.75. The summed E-state index contributed by atoms with van der Waals surface area (Å²) in [7, 11) is 0. The monoisotopic (exact) mass is 289 g/mol. The Morgan fingerprint density at radius 1 is 1.00 bits per heavy atom. The molecule has 0 bridgehead atoms. The highest BCUT2D eigenvalue weighted by Crippen LogP contribution is 2.28. The predicted octanol–water partition coefficient (Wildman–Crippen LogP) is 4.45. The van der Waals surface area contributed by atoms with Crippen LogP contribution in [0.5, 0.6) is 0 Å². The number of benzene rings is 1. The van der Waals surface area contributed by atoms with Gasteiger partial charge in [0.1, 0.15) is 0 Å². The van der Waals surface area contributed by atoms with Gasteiger partial charge in [-0.3, -0.25) is 0 Å². The van der Waals surface area contributed by atoms with E-state index in [2.05, 4.69) is 58.1 Å². The second kappa shape index (κ2) is 6.50. The van der Waals surface area contributed by atoms with Crippen molar-refractivity contribution in [2.24, 2.45) is 5.41 Å². The molecule has 0 saturated carbocycles. The molecule has 1 N–H and O–H groups in total. The second-order valence-corrected chi connectivity index (χ2v) is 8.19. The van der Waals surface area contributed by atoms with Crippen LogP contribution in [-0.4, -0.2) is 12.1 Å². The van der Waals surface area contributed by atoms with E-state index in [0.29, 0.717) is 5.41 Å². The van der Waals surface area contributed by atoms with Crippen LogP contribution in [-0.2, 0) is 24.4 Å². The smallest absolute Gasteiger partial charge is 0.0725 e. The first-order valence-corrected chi connectivity index (χ1v) is 8.19. The highest BCUT2D eigenvalue weighted by Gasteiger charge is 2.19. The zero-order valence-corrected chi connectivity index (χ0v) is 14.4. The van der Waals surface area contributed by atoms with Gasteiger partial charge in [0.15, 0.2) is 0 Å². The lowest BCUT2D eigenvalue weighted by Gasteiger charge is -2.28. The summed E-state index contributed by atoms with van der Waals surface area (Å²) in [5.41, 5.74) is 4.81. The normalized spacial score (nSPS) is 15.3. The van der Waals surface area contributed by atoms with Gasteiger partial charge in [-0.15, -0.1) is 0 Å². The molecule has 2 nitrogen and oxygen atoms in total. The van der Waals surface area contributed by atoms with Gasteiger partial charge in [0.05, 0.1) is 13.2 Å². The fourth-order valence-corrected chi connectivity index (χ4v) is 2.76. The molecule has 1 aliphatic rings. The van der Waals surface area contributed by atoms with Crippen LogP contribution in [0.3, 0.4) is 0 Å². The Morgan fingerprint density at radius 2 is 1.71 bits per heavy atom. The van der Waals surface area contributed by atoms with E-state index >= 15 is 0 Å². The van der Waals surface area contributed by atoms with Gasteiger partial charge in [-0.1, -0.05) is 32.0 Å². The maximum Gasteiger partial charge on any atom is 0.0725 e. The second-order valence-electron chi connectivity index (χ2n) is 8.19. The third kappa shape index (κ3) is 5.44. The van der Waals surface area contributed by atoms with Gasteiger partial charge >= 0.3 is 0 Å². The summed E-state index contributed by atoms with van der Waals surface area (Å²) in [4.78, 5) is 0. The molecule has 2 heteroatoms. The largest absolute Gasteiger partial charge is 0.372 e. The molecule has 1 aromatic carbocycles. The van der Waals surface area contributed by atoms with Crippen molar-refractivity contribution >= 4 is 0 Å². The van der Waals surface area contributed by atoms with Crippen molar-refractivity contribution < 1.29 is 4.74 Å². The number of hydrogen-bond donors (Lipinski definition) is 1. The predicted molar refractivity (Wildman–Crippen MR) is 89.4 cm³/mol. The molecule has 1 aromatic rings. The van der Waals surface area contributed by atoms with Crippen LogP contribution < -0.4 is 5.32 Å². The number of rotatable bonds is 6. The zero-order valence-electron chi connectivity index (χ0n) is 14.4. The highest BCUT2D eigenvalue weighted by atomic mass is 16.5. The van der Waals surface area contributed by atoms with E-state index < -0.39 is 0 Å². The van der Waals surface area contributed by atoms with E-state index in [1.807, 2.05) is 0 Å².